The second-order valence-corrected chi connectivity index (χ2v) is 6.83. The average molecular weight is 452 g/mol. The highest BCUT2D eigenvalue weighted by Crippen LogP contribution is 2.36. The van der Waals surface area contributed by atoms with Crippen molar-refractivity contribution in [2.45, 2.75) is 13.0 Å². The largest absolute Gasteiger partial charge is 1.00 e. The van der Waals surface area contributed by atoms with E-state index in [1.807, 2.05) is 54.9 Å². The van der Waals surface area contributed by atoms with Gasteiger partial charge in [-0.1, -0.05) is 30.3 Å². The maximum absolute atomic E-state index is 12.8. The number of benzene rings is 2. The number of fused-ring (bicyclic) bond motifs is 1. The summed E-state index contributed by atoms with van der Waals surface area (Å²) in [5, 5.41) is 0. The van der Waals surface area contributed by atoms with Crippen molar-refractivity contribution in [2.24, 2.45) is 0 Å². The molecule has 1 aliphatic carbocycles. The summed E-state index contributed by atoms with van der Waals surface area (Å²) >= 11 is 0. The molecule has 0 N–H and O–H groups in total. The number of hydrogen-bond donors (Lipinski definition) is 0. The molecule has 0 radical (unpaired) electrons. The lowest BCUT2D eigenvalue weighted by Crippen LogP contribution is -3.00. The molecule has 29 heavy (non-hydrogen) atoms. The van der Waals surface area contributed by atoms with Gasteiger partial charge in [0, 0.05) is 35.3 Å². The monoisotopic (exact) mass is 451 g/mol. The number of ketones is 1. The van der Waals surface area contributed by atoms with Crippen molar-refractivity contribution in [3.8, 4) is 11.5 Å². The molecule has 0 fully saturated rings. The van der Waals surface area contributed by atoms with E-state index in [9.17, 15) is 4.79 Å². The molecule has 2 aromatic carbocycles. The molecule has 0 spiro atoms. The van der Waals surface area contributed by atoms with Crippen LogP contribution in [0.2, 0.25) is 0 Å². The maximum atomic E-state index is 12.8. The lowest BCUT2D eigenvalue weighted by Gasteiger charge is -2.08. The van der Waals surface area contributed by atoms with E-state index in [4.69, 9.17) is 9.47 Å². The summed E-state index contributed by atoms with van der Waals surface area (Å²) in [6, 6.07) is 18.1. The molecule has 1 aromatic heterocycles. The van der Waals surface area contributed by atoms with Gasteiger partial charge in [-0.05, 0) is 29.3 Å². The minimum Gasteiger partial charge on any atom is -1.00 e. The van der Waals surface area contributed by atoms with Crippen LogP contribution in [0, 0.1) is 0 Å². The summed E-state index contributed by atoms with van der Waals surface area (Å²) in [6.45, 7) is 0.821. The number of rotatable bonds is 5. The van der Waals surface area contributed by atoms with E-state index in [1.165, 1.54) is 5.56 Å². The first-order valence-corrected chi connectivity index (χ1v) is 9.21. The van der Waals surface area contributed by atoms with Gasteiger partial charge in [0.25, 0.3) is 0 Å². The smallest absolute Gasteiger partial charge is 0.189 e. The summed E-state index contributed by atoms with van der Waals surface area (Å²) in [7, 11) is 3.18. The molecule has 0 saturated heterocycles. The number of ether oxygens (including phenoxy) is 2. The summed E-state index contributed by atoms with van der Waals surface area (Å²) in [4.78, 5) is 12.8. The molecule has 4 rings (SSSR count). The first-order chi connectivity index (χ1) is 13.7. The van der Waals surface area contributed by atoms with Crippen molar-refractivity contribution in [3.05, 3.63) is 94.8 Å². The third kappa shape index (κ3) is 4.40. The SMILES string of the molecule is COc1cc2c(cc1OC)C(=O)C(=Cc1cc[n+](Cc3ccccc3)cc1)C2.[Br-]. The van der Waals surface area contributed by atoms with Crippen LogP contribution in [0.3, 0.4) is 0 Å². The van der Waals surface area contributed by atoms with Crippen LogP contribution < -0.4 is 31.0 Å². The summed E-state index contributed by atoms with van der Waals surface area (Å²) in [5.74, 6) is 1.28. The Bertz CT molecular complexity index is 1040. The van der Waals surface area contributed by atoms with Gasteiger partial charge in [0.05, 0.1) is 14.2 Å². The van der Waals surface area contributed by atoms with E-state index in [2.05, 4.69) is 16.7 Å². The average Bonchev–Trinajstić information content (AvgIpc) is 3.03. The standard InChI is InChI=1S/C24H22NO3.BrH/c1-27-22-14-19-13-20(24(26)21(19)15-23(22)28-2)12-17-8-10-25(11-9-17)16-18-6-4-3-5-7-18;/h3-12,14-15H,13,16H2,1-2H3;1H/q+1;/p-1. The van der Waals surface area contributed by atoms with Crippen LogP contribution in [0.15, 0.2) is 72.6 Å². The van der Waals surface area contributed by atoms with E-state index < -0.39 is 0 Å². The molecule has 1 aliphatic rings. The van der Waals surface area contributed by atoms with E-state index >= 15 is 0 Å². The van der Waals surface area contributed by atoms with E-state index in [0.717, 1.165) is 23.2 Å². The molecule has 5 heteroatoms. The van der Waals surface area contributed by atoms with Gasteiger partial charge in [-0.15, -0.1) is 0 Å². The van der Waals surface area contributed by atoms with Crippen LogP contribution in [0.1, 0.15) is 27.0 Å². The molecule has 4 nitrogen and oxygen atoms in total. The highest BCUT2D eigenvalue weighted by molar-refractivity contribution is 6.15. The Kier molecular flexibility index (Phi) is 6.49. The van der Waals surface area contributed by atoms with E-state index in [0.29, 0.717) is 23.5 Å². The first kappa shape index (κ1) is 20.8. The lowest BCUT2D eigenvalue weighted by molar-refractivity contribution is -0.688. The molecule has 0 atom stereocenters. The number of carbonyl (C=O) groups is 1. The fourth-order valence-electron chi connectivity index (χ4n) is 3.52. The van der Waals surface area contributed by atoms with Crippen LogP contribution in [0.25, 0.3) is 6.08 Å². The zero-order chi connectivity index (χ0) is 19.5. The summed E-state index contributed by atoms with van der Waals surface area (Å²) in [6.07, 6.45) is 6.65. The fraction of sp³-hybridized carbons (Fsp3) is 0.167. The molecule has 0 unspecified atom stereocenters. The number of hydrogen-bond acceptors (Lipinski definition) is 3. The minimum absolute atomic E-state index is 0. The van der Waals surface area contributed by atoms with E-state index in [-0.39, 0.29) is 22.8 Å². The Morgan fingerprint density at radius 3 is 2.28 bits per heavy atom. The van der Waals surface area contributed by atoms with Crippen LogP contribution >= 0.6 is 0 Å². The van der Waals surface area contributed by atoms with Crippen LogP contribution in [0.4, 0.5) is 0 Å². The molecular formula is C24H22BrNO3. The quantitative estimate of drug-likeness (QED) is 0.426. The van der Waals surface area contributed by atoms with Gasteiger partial charge >= 0.3 is 0 Å². The Morgan fingerprint density at radius 2 is 1.62 bits per heavy atom. The second kappa shape index (κ2) is 9.05. The number of halogens is 1. The van der Waals surface area contributed by atoms with Gasteiger partial charge in [-0.25, -0.2) is 4.57 Å². The molecule has 0 saturated carbocycles. The Balaban J connectivity index is 0.00000240. The van der Waals surface area contributed by atoms with Crippen molar-refractivity contribution in [2.75, 3.05) is 14.2 Å². The number of aromatic nitrogens is 1. The Labute approximate surface area is 181 Å². The van der Waals surface area contributed by atoms with Crippen molar-refractivity contribution in [1.29, 1.82) is 0 Å². The Morgan fingerprint density at radius 1 is 0.966 bits per heavy atom. The number of pyridine rings is 1. The predicted molar refractivity (Wildman–Crippen MR) is 108 cm³/mol. The lowest BCUT2D eigenvalue weighted by atomic mass is 10.1. The fourth-order valence-corrected chi connectivity index (χ4v) is 3.52. The van der Waals surface area contributed by atoms with Gasteiger partial charge in [0.2, 0.25) is 0 Å². The zero-order valence-corrected chi connectivity index (χ0v) is 18.0. The normalized spacial score (nSPS) is 13.7. The van der Waals surface area contributed by atoms with Crippen LogP contribution in [0.5, 0.6) is 11.5 Å². The highest BCUT2D eigenvalue weighted by atomic mass is 79.9. The topological polar surface area (TPSA) is 39.4 Å². The highest BCUT2D eigenvalue weighted by Gasteiger charge is 2.27. The van der Waals surface area contributed by atoms with Crippen molar-refractivity contribution >= 4 is 11.9 Å². The molecule has 0 bridgehead atoms. The number of carbonyl (C=O) groups excluding carboxylic acids is 1. The number of nitrogens with zero attached hydrogens (tertiary/aromatic N) is 1. The van der Waals surface area contributed by atoms with Gasteiger partial charge < -0.3 is 26.5 Å². The van der Waals surface area contributed by atoms with Gasteiger partial charge in [0.1, 0.15) is 0 Å². The predicted octanol–water partition coefficient (Wildman–Crippen LogP) is 0.866. The third-order valence-corrected chi connectivity index (χ3v) is 4.99. The zero-order valence-electron chi connectivity index (χ0n) is 16.4. The summed E-state index contributed by atoms with van der Waals surface area (Å²) < 4.78 is 12.8. The molecular weight excluding hydrogens is 430 g/mol. The van der Waals surface area contributed by atoms with Crippen molar-refractivity contribution in [3.63, 3.8) is 0 Å². The Hall–Kier alpha value is -2.92. The maximum Gasteiger partial charge on any atom is 0.189 e. The molecule has 1 heterocycles. The van der Waals surface area contributed by atoms with Gasteiger partial charge in [0.15, 0.2) is 36.2 Å². The second-order valence-electron chi connectivity index (χ2n) is 6.83. The van der Waals surface area contributed by atoms with E-state index in [1.54, 1.807) is 20.3 Å². The van der Waals surface area contributed by atoms with Crippen LogP contribution in [-0.2, 0) is 13.0 Å². The molecule has 148 valence electrons. The van der Waals surface area contributed by atoms with Crippen LogP contribution in [-0.4, -0.2) is 20.0 Å². The summed E-state index contributed by atoms with van der Waals surface area (Å²) in [5.41, 5.74) is 4.72. The molecule has 0 amide bonds. The number of Topliss-reactive ketones (excluding diaryl/α,β-unsaturated/α-hetero) is 1. The molecule has 0 aliphatic heterocycles. The molecule has 3 aromatic rings. The number of methoxy groups -OCH3 is 2. The first-order valence-electron chi connectivity index (χ1n) is 9.21. The minimum atomic E-state index is 0. The van der Waals surface area contributed by atoms with Gasteiger partial charge in [-0.3, -0.25) is 4.79 Å². The van der Waals surface area contributed by atoms with Crippen molar-refractivity contribution in [1.82, 2.24) is 0 Å². The number of allylic oxidation sites excluding steroid dienone is 1. The van der Waals surface area contributed by atoms with Gasteiger partial charge in [-0.2, -0.15) is 0 Å². The third-order valence-electron chi connectivity index (χ3n) is 4.99. The van der Waals surface area contributed by atoms with Crippen molar-refractivity contribution < 1.29 is 35.8 Å².